The Morgan fingerprint density at radius 1 is 0.562 bits per heavy atom. The Morgan fingerprint density at radius 3 is 1.16 bits per heavy atom. The minimum atomic E-state index is -0.636. The number of carbonyl (C=O) groups is 2. The van der Waals surface area contributed by atoms with Crippen LogP contribution in [0.1, 0.15) is 43.0 Å². The van der Waals surface area contributed by atoms with Crippen molar-refractivity contribution >= 4 is 35.1 Å². The number of methoxy groups -OCH3 is 6. The summed E-state index contributed by atoms with van der Waals surface area (Å²) in [7, 11) is 8.16. The van der Waals surface area contributed by atoms with Gasteiger partial charge in [0.2, 0.25) is 0 Å². The molecule has 0 saturated carbocycles. The molecule has 0 spiro atoms. The molecule has 0 radical (unpaired) electrons. The fourth-order valence-corrected chi connectivity index (χ4v) is 4.73. The number of rotatable bonds is 6. The Kier molecular flexibility index (Phi) is 6.95. The smallest absolute Gasteiger partial charge is 0.342 e. The molecule has 0 N–H and O–H groups in total. The second-order valence-corrected chi connectivity index (χ2v) is 7.52. The molecule has 8 nitrogen and oxygen atoms in total. The van der Waals surface area contributed by atoms with Crippen molar-refractivity contribution in [3.63, 3.8) is 0 Å². The van der Waals surface area contributed by atoms with Gasteiger partial charge in [-0.1, -0.05) is 23.2 Å². The number of hydrogen-bond donors (Lipinski definition) is 0. The highest BCUT2D eigenvalue weighted by Crippen LogP contribution is 2.51. The summed E-state index contributed by atoms with van der Waals surface area (Å²) in [4.78, 5) is 25.5. The van der Waals surface area contributed by atoms with Gasteiger partial charge in [-0.05, 0) is 22.3 Å². The largest absolute Gasteiger partial charge is 0.492 e. The van der Waals surface area contributed by atoms with Gasteiger partial charge in [0.1, 0.15) is 11.1 Å². The van der Waals surface area contributed by atoms with Crippen LogP contribution in [0.3, 0.4) is 0 Å². The summed E-state index contributed by atoms with van der Waals surface area (Å²) in [5, 5.41) is 0.534. The first kappa shape index (κ1) is 23.8. The van der Waals surface area contributed by atoms with E-state index in [1.54, 1.807) is 0 Å². The van der Waals surface area contributed by atoms with Crippen molar-refractivity contribution in [2.45, 2.75) is 12.8 Å². The van der Waals surface area contributed by atoms with Crippen molar-refractivity contribution in [2.24, 2.45) is 0 Å². The predicted molar refractivity (Wildman–Crippen MR) is 117 cm³/mol. The average molecular weight is 485 g/mol. The minimum Gasteiger partial charge on any atom is -0.492 e. The first-order valence-corrected chi connectivity index (χ1v) is 10.1. The quantitative estimate of drug-likeness (QED) is 0.483. The van der Waals surface area contributed by atoms with E-state index in [9.17, 15) is 9.59 Å². The molecule has 3 rings (SSSR count). The molecule has 2 aromatic rings. The van der Waals surface area contributed by atoms with Crippen molar-refractivity contribution in [3.05, 3.63) is 43.4 Å². The number of carbonyl (C=O) groups excluding carboxylic acids is 2. The van der Waals surface area contributed by atoms with Crippen LogP contribution in [-0.4, -0.2) is 54.6 Å². The van der Waals surface area contributed by atoms with Crippen LogP contribution in [0.5, 0.6) is 23.0 Å². The fourth-order valence-electron chi connectivity index (χ4n) is 4.04. The molecule has 1 aliphatic carbocycles. The third-order valence-electron chi connectivity index (χ3n) is 5.43. The van der Waals surface area contributed by atoms with Gasteiger partial charge >= 0.3 is 11.9 Å². The van der Waals surface area contributed by atoms with Crippen LogP contribution in [0.25, 0.3) is 0 Å². The standard InChI is InChI=1S/C22H22Cl2O8/c1-27-17-13(21(25)31-5)9-7-10-12(8-11(9)15(23)19(17)29-3)16(24)20(30-4)18(28-2)14(10)22(26)32-6/h7-8H2,1-6H3. The zero-order chi connectivity index (χ0) is 23.7. The molecule has 0 fully saturated rings. The first-order valence-electron chi connectivity index (χ1n) is 9.37. The lowest BCUT2D eigenvalue weighted by Crippen LogP contribution is -2.21. The van der Waals surface area contributed by atoms with Gasteiger partial charge in [-0.15, -0.1) is 0 Å². The zero-order valence-electron chi connectivity index (χ0n) is 18.4. The number of ether oxygens (including phenoxy) is 6. The molecule has 2 aromatic carbocycles. The zero-order valence-corrected chi connectivity index (χ0v) is 19.9. The lowest BCUT2D eigenvalue weighted by Gasteiger charge is -2.29. The highest BCUT2D eigenvalue weighted by Gasteiger charge is 2.37. The van der Waals surface area contributed by atoms with Gasteiger partial charge < -0.3 is 28.4 Å². The lowest BCUT2D eigenvalue weighted by atomic mass is 9.80. The fraction of sp³-hybridized carbons (Fsp3) is 0.364. The molecule has 0 amide bonds. The minimum absolute atomic E-state index is 0.111. The lowest BCUT2D eigenvalue weighted by molar-refractivity contribution is 0.0588. The summed E-state index contributed by atoms with van der Waals surface area (Å²) in [6.07, 6.45) is 0.302. The van der Waals surface area contributed by atoms with Gasteiger partial charge in [-0.2, -0.15) is 0 Å². The molecular formula is C22H22Cl2O8. The molecule has 0 aliphatic heterocycles. The Hall–Kier alpha value is -2.84. The third-order valence-corrected chi connectivity index (χ3v) is 6.23. The third kappa shape index (κ3) is 3.47. The van der Waals surface area contributed by atoms with E-state index in [0.717, 1.165) is 0 Å². The van der Waals surface area contributed by atoms with Gasteiger partial charge in [0, 0.05) is 12.8 Å². The van der Waals surface area contributed by atoms with Crippen LogP contribution in [-0.2, 0) is 22.3 Å². The monoisotopic (exact) mass is 484 g/mol. The van der Waals surface area contributed by atoms with Crippen LogP contribution >= 0.6 is 23.2 Å². The van der Waals surface area contributed by atoms with E-state index in [0.29, 0.717) is 22.3 Å². The Bertz CT molecular complexity index is 1030. The average Bonchev–Trinajstić information content (AvgIpc) is 2.81. The summed E-state index contributed by atoms with van der Waals surface area (Å²) in [6, 6.07) is 0. The maximum Gasteiger partial charge on any atom is 0.342 e. The molecule has 0 saturated heterocycles. The maximum absolute atomic E-state index is 12.8. The summed E-state index contributed by atoms with van der Waals surface area (Å²) in [5.74, 6) is -0.607. The van der Waals surface area contributed by atoms with Crippen LogP contribution in [0, 0.1) is 0 Å². The topological polar surface area (TPSA) is 89.5 Å². The molecule has 0 bridgehead atoms. The van der Waals surface area contributed by atoms with E-state index in [1.807, 2.05) is 0 Å². The number of fused-ring (bicyclic) bond motifs is 2. The SMILES string of the molecule is COC(=O)c1c2c(c(Cl)c(OC)c1OC)Cc1c(Cl)c(OC)c(OC)c(C(=O)OC)c1C2. The molecule has 10 heteroatoms. The molecular weight excluding hydrogens is 463 g/mol. The Balaban J connectivity index is 2.44. The van der Waals surface area contributed by atoms with E-state index in [-0.39, 0.29) is 57.0 Å². The Morgan fingerprint density at radius 2 is 0.875 bits per heavy atom. The van der Waals surface area contributed by atoms with E-state index in [1.165, 1.54) is 42.7 Å². The van der Waals surface area contributed by atoms with E-state index >= 15 is 0 Å². The van der Waals surface area contributed by atoms with Crippen LogP contribution in [0.15, 0.2) is 0 Å². The van der Waals surface area contributed by atoms with E-state index < -0.39 is 11.9 Å². The second kappa shape index (κ2) is 9.34. The van der Waals surface area contributed by atoms with Crippen LogP contribution in [0.2, 0.25) is 10.0 Å². The van der Waals surface area contributed by atoms with Crippen LogP contribution < -0.4 is 18.9 Å². The van der Waals surface area contributed by atoms with Crippen molar-refractivity contribution < 1.29 is 38.0 Å². The molecule has 172 valence electrons. The number of esters is 2. The Labute approximate surface area is 195 Å². The van der Waals surface area contributed by atoms with Crippen molar-refractivity contribution in [2.75, 3.05) is 42.7 Å². The molecule has 0 unspecified atom stereocenters. The molecule has 0 atom stereocenters. The predicted octanol–water partition coefficient (Wildman–Crippen LogP) is 4.10. The summed E-state index contributed by atoms with van der Waals surface area (Å²) in [5.41, 5.74) is 2.56. The van der Waals surface area contributed by atoms with Gasteiger partial charge in [-0.25, -0.2) is 9.59 Å². The molecule has 1 aliphatic rings. The van der Waals surface area contributed by atoms with Crippen molar-refractivity contribution in [1.29, 1.82) is 0 Å². The first-order chi connectivity index (χ1) is 15.3. The highest BCUT2D eigenvalue weighted by molar-refractivity contribution is 6.35. The summed E-state index contributed by atoms with van der Waals surface area (Å²) >= 11 is 13.3. The van der Waals surface area contributed by atoms with Gasteiger partial charge in [-0.3, -0.25) is 0 Å². The number of halogens is 2. The summed E-state index contributed by atoms with van der Waals surface area (Å²) in [6.45, 7) is 0. The molecule has 32 heavy (non-hydrogen) atoms. The molecule has 0 heterocycles. The van der Waals surface area contributed by atoms with E-state index in [2.05, 4.69) is 0 Å². The second-order valence-electron chi connectivity index (χ2n) is 6.76. The van der Waals surface area contributed by atoms with Gasteiger partial charge in [0.05, 0.1) is 52.7 Å². The van der Waals surface area contributed by atoms with Crippen molar-refractivity contribution in [3.8, 4) is 23.0 Å². The van der Waals surface area contributed by atoms with Crippen LogP contribution in [0.4, 0.5) is 0 Å². The highest BCUT2D eigenvalue weighted by atomic mass is 35.5. The van der Waals surface area contributed by atoms with Gasteiger partial charge in [0.15, 0.2) is 23.0 Å². The van der Waals surface area contributed by atoms with Crippen molar-refractivity contribution in [1.82, 2.24) is 0 Å². The van der Waals surface area contributed by atoms with Gasteiger partial charge in [0.25, 0.3) is 0 Å². The normalized spacial score (nSPS) is 11.8. The number of hydrogen-bond acceptors (Lipinski definition) is 8. The number of benzene rings is 2. The maximum atomic E-state index is 12.8. The van der Waals surface area contributed by atoms with E-state index in [4.69, 9.17) is 51.6 Å². The summed E-state index contributed by atoms with van der Waals surface area (Å²) < 4.78 is 31.8. The molecule has 0 aromatic heterocycles.